The molecule has 0 aliphatic heterocycles. The zero-order valence-electron chi connectivity index (χ0n) is 11.0. The first kappa shape index (κ1) is 13.9. The van der Waals surface area contributed by atoms with Gasteiger partial charge in [-0.3, -0.25) is 0 Å². The summed E-state index contributed by atoms with van der Waals surface area (Å²) in [6.07, 6.45) is 0. The maximum Gasteiger partial charge on any atom is 0.341 e. The Kier molecular flexibility index (Phi) is 4.22. The SMILES string of the molecule is COC(=O)c1cc(N)ccc1Oc1ccccc1CO. The summed E-state index contributed by atoms with van der Waals surface area (Å²) < 4.78 is 10.4. The van der Waals surface area contributed by atoms with E-state index in [0.29, 0.717) is 22.7 Å². The molecule has 20 heavy (non-hydrogen) atoms. The minimum atomic E-state index is -0.534. The summed E-state index contributed by atoms with van der Waals surface area (Å²) in [6, 6.07) is 11.7. The molecule has 104 valence electrons. The second kappa shape index (κ2) is 6.08. The van der Waals surface area contributed by atoms with Crippen molar-refractivity contribution in [3.8, 4) is 11.5 Å². The van der Waals surface area contributed by atoms with Crippen LogP contribution in [-0.2, 0) is 11.3 Å². The highest BCUT2D eigenvalue weighted by molar-refractivity contribution is 5.93. The van der Waals surface area contributed by atoms with Crippen LogP contribution in [0.5, 0.6) is 11.5 Å². The van der Waals surface area contributed by atoms with Gasteiger partial charge in [0.1, 0.15) is 17.1 Å². The highest BCUT2D eigenvalue weighted by atomic mass is 16.5. The number of nitrogens with two attached hydrogens (primary N) is 1. The van der Waals surface area contributed by atoms with Gasteiger partial charge in [-0.2, -0.15) is 0 Å². The fraction of sp³-hybridized carbons (Fsp3) is 0.133. The number of para-hydroxylation sites is 1. The van der Waals surface area contributed by atoms with Crippen molar-refractivity contribution in [1.29, 1.82) is 0 Å². The molecule has 0 aliphatic carbocycles. The molecule has 0 unspecified atom stereocenters. The lowest BCUT2D eigenvalue weighted by Gasteiger charge is -2.12. The van der Waals surface area contributed by atoms with Gasteiger partial charge in [-0.05, 0) is 24.3 Å². The summed E-state index contributed by atoms with van der Waals surface area (Å²) in [5, 5.41) is 9.27. The summed E-state index contributed by atoms with van der Waals surface area (Å²) >= 11 is 0. The van der Waals surface area contributed by atoms with E-state index in [2.05, 4.69) is 0 Å². The van der Waals surface area contributed by atoms with E-state index in [-0.39, 0.29) is 12.2 Å². The van der Waals surface area contributed by atoms with Crippen molar-refractivity contribution < 1.29 is 19.4 Å². The quantitative estimate of drug-likeness (QED) is 0.660. The van der Waals surface area contributed by atoms with Gasteiger partial charge in [0.15, 0.2) is 0 Å². The Morgan fingerprint density at radius 1 is 1.20 bits per heavy atom. The number of ether oxygens (including phenoxy) is 2. The first-order valence-electron chi connectivity index (χ1n) is 6.00. The van der Waals surface area contributed by atoms with E-state index < -0.39 is 5.97 Å². The van der Waals surface area contributed by atoms with E-state index in [0.717, 1.165) is 0 Å². The Labute approximate surface area is 116 Å². The summed E-state index contributed by atoms with van der Waals surface area (Å²) in [6.45, 7) is -0.154. The number of aliphatic hydroxyl groups excluding tert-OH is 1. The van der Waals surface area contributed by atoms with Crippen LogP contribution in [0.15, 0.2) is 42.5 Å². The molecule has 2 aromatic rings. The third-order valence-corrected chi connectivity index (χ3v) is 2.77. The van der Waals surface area contributed by atoms with Crippen molar-refractivity contribution in [2.24, 2.45) is 0 Å². The minimum absolute atomic E-state index is 0.154. The smallest absolute Gasteiger partial charge is 0.341 e. The molecule has 0 saturated carbocycles. The second-order valence-electron chi connectivity index (χ2n) is 4.12. The van der Waals surface area contributed by atoms with Crippen LogP contribution in [0, 0.1) is 0 Å². The lowest BCUT2D eigenvalue weighted by atomic mass is 10.1. The predicted octanol–water partition coefficient (Wildman–Crippen LogP) is 2.34. The maximum atomic E-state index is 11.7. The van der Waals surface area contributed by atoms with Crippen LogP contribution in [0.4, 0.5) is 5.69 Å². The molecule has 0 amide bonds. The summed E-state index contributed by atoms with van der Waals surface area (Å²) in [5.74, 6) is 0.269. The van der Waals surface area contributed by atoms with Crippen molar-refractivity contribution in [3.63, 3.8) is 0 Å². The Balaban J connectivity index is 2.40. The van der Waals surface area contributed by atoms with Crippen LogP contribution in [-0.4, -0.2) is 18.2 Å². The number of nitrogen functional groups attached to an aromatic ring is 1. The van der Waals surface area contributed by atoms with Gasteiger partial charge in [-0.1, -0.05) is 18.2 Å². The van der Waals surface area contributed by atoms with Crippen molar-refractivity contribution >= 4 is 11.7 Å². The molecule has 0 aromatic heterocycles. The van der Waals surface area contributed by atoms with E-state index in [4.69, 9.17) is 15.2 Å². The molecule has 2 aromatic carbocycles. The number of carbonyl (C=O) groups excluding carboxylic acids is 1. The van der Waals surface area contributed by atoms with E-state index in [9.17, 15) is 9.90 Å². The zero-order valence-corrected chi connectivity index (χ0v) is 11.0. The number of carbonyl (C=O) groups is 1. The number of anilines is 1. The average molecular weight is 273 g/mol. The molecule has 0 saturated heterocycles. The van der Waals surface area contributed by atoms with Crippen LogP contribution in [0.2, 0.25) is 0 Å². The van der Waals surface area contributed by atoms with Gasteiger partial charge in [0, 0.05) is 11.3 Å². The number of benzene rings is 2. The number of hydrogen-bond acceptors (Lipinski definition) is 5. The topological polar surface area (TPSA) is 81.8 Å². The highest BCUT2D eigenvalue weighted by Crippen LogP contribution is 2.29. The summed E-state index contributed by atoms with van der Waals surface area (Å²) in [7, 11) is 1.29. The highest BCUT2D eigenvalue weighted by Gasteiger charge is 2.15. The molecule has 5 nitrogen and oxygen atoms in total. The summed E-state index contributed by atoms with van der Waals surface area (Å²) in [4.78, 5) is 11.7. The Morgan fingerprint density at radius 3 is 2.65 bits per heavy atom. The van der Waals surface area contributed by atoms with Crippen LogP contribution in [0.3, 0.4) is 0 Å². The van der Waals surface area contributed by atoms with Crippen LogP contribution in [0.1, 0.15) is 15.9 Å². The Hall–Kier alpha value is -2.53. The number of hydrogen-bond donors (Lipinski definition) is 2. The first-order valence-corrected chi connectivity index (χ1v) is 6.00. The van der Waals surface area contributed by atoms with Gasteiger partial charge in [0.2, 0.25) is 0 Å². The van der Waals surface area contributed by atoms with E-state index >= 15 is 0 Å². The molecular formula is C15H15NO4. The fourth-order valence-electron chi connectivity index (χ4n) is 1.76. The third kappa shape index (κ3) is 2.89. The normalized spacial score (nSPS) is 10.1. The molecule has 0 bridgehead atoms. The van der Waals surface area contributed by atoms with E-state index in [1.54, 1.807) is 36.4 Å². The standard InChI is InChI=1S/C15H15NO4/c1-19-15(18)12-8-11(16)6-7-14(12)20-13-5-3-2-4-10(13)9-17/h2-8,17H,9,16H2,1H3. The Bertz CT molecular complexity index is 625. The van der Waals surface area contributed by atoms with Crippen molar-refractivity contribution in [1.82, 2.24) is 0 Å². The monoisotopic (exact) mass is 273 g/mol. The first-order chi connectivity index (χ1) is 9.65. The number of methoxy groups -OCH3 is 1. The molecule has 0 atom stereocenters. The van der Waals surface area contributed by atoms with Crippen molar-refractivity contribution in [2.75, 3.05) is 12.8 Å². The van der Waals surface area contributed by atoms with Gasteiger partial charge < -0.3 is 20.3 Å². The molecule has 2 rings (SSSR count). The van der Waals surface area contributed by atoms with Gasteiger partial charge in [0.25, 0.3) is 0 Å². The Morgan fingerprint density at radius 2 is 1.95 bits per heavy atom. The minimum Gasteiger partial charge on any atom is -0.465 e. The zero-order chi connectivity index (χ0) is 14.5. The van der Waals surface area contributed by atoms with Gasteiger partial charge >= 0.3 is 5.97 Å². The number of rotatable bonds is 4. The largest absolute Gasteiger partial charge is 0.465 e. The van der Waals surface area contributed by atoms with Crippen LogP contribution in [0.25, 0.3) is 0 Å². The molecule has 0 radical (unpaired) electrons. The molecule has 0 aliphatic rings. The lowest BCUT2D eigenvalue weighted by molar-refractivity contribution is 0.0598. The van der Waals surface area contributed by atoms with Gasteiger partial charge in [0.05, 0.1) is 13.7 Å². The average Bonchev–Trinajstić information content (AvgIpc) is 2.48. The molecule has 0 heterocycles. The van der Waals surface area contributed by atoms with Crippen LogP contribution >= 0.6 is 0 Å². The molecular weight excluding hydrogens is 258 g/mol. The number of esters is 1. The molecule has 5 heteroatoms. The third-order valence-electron chi connectivity index (χ3n) is 2.77. The predicted molar refractivity (Wildman–Crippen MR) is 74.6 cm³/mol. The lowest BCUT2D eigenvalue weighted by Crippen LogP contribution is -2.05. The van der Waals surface area contributed by atoms with Crippen LogP contribution < -0.4 is 10.5 Å². The maximum absolute atomic E-state index is 11.7. The van der Waals surface area contributed by atoms with E-state index in [1.165, 1.54) is 13.2 Å². The van der Waals surface area contributed by atoms with Gasteiger partial charge in [-0.25, -0.2) is 4.79 Å². The van der Waals surface area contributed by atoms with Crippen molar-refractivity contribution in [3.05, 3.63) is 53.6 Å². The fourth-order valence-corrected chi connectivity index (χ4v) is 1.76. The van der Waals surface area contributed by atoms with Crippen molar-refractivity contribution in [2.45, 2.75) is 6.61 Å². The van der Waals surface area contributed by atoms with E-state index in [1.807, 2.05) is 0 Å². The second-order valence-corrected chi connectivity index (χ2v) is 4.12. The number of aliphatic hydroxyl groups is 1. The summed E-state index contributed by atoms with van der Waals surface area (Å²) in [5.41, 5.74) is 6.97. The molecule has 3 N–H and O–H groups in total. The molecule has 0 fully saturated rings. The van der Waals surface area contributed by atoms with Gasteiger partial charge in [-0.15, -0.1) is 0 Å². The molecule has 0 spiro atoms.